The molecule has 1 unspecified atom stereocenters. The van der Waals surface area contributed by atoms with Gasteiger partial charge in [0.15, 0.2) is 0 Å². The number of nitrogens with zero attached hydrogens (tertiary/aromatic N) is 2. The molecule has 0 radical (unpaired) electrons. The molecule has 0 aromatic heterocycles. The number of amides is 2. The lowest BCUT2D eigenvalue weighted by Crippen LogP contribution is -2.54. The fraction of sp³-hybridized carbons (Fsp3) is 0.375. The number of anilines is 1. The van der Waals surface area contributed by atoms with E-state index in [0.29, 0.717) is 18.0 Å². The highest BCUT2D eigenvalue weighted by atomic mass is 32.2. The zero-order valence-corrected chi connectivity index (χ0v) is 27.0. The number of carbonyl (C=O) groups excluding carboxylic acids is 2. The summed E-state index contributed by atoms with van der Waals surface area (Å²) in [6.07, 6.45) is 1.91. The van der Waals surface area contributed by atoms with Gasteiger partial charge in [-0.15, -0.1) is 11.8 Å². The van der Waals surface area contributed by atoms with E-state index < -0.39 is 34.1 Å². The fourth-order valence-corrected chi connectivity index (χ4v) is 6.13. The molecule has 0 aliphatic carbocycles. The lowest BCUT2D eigenvalue weighted by atomic mass is 10.1. The Morgan fingerprint density at radius 1 is 0.976 bits per heavy atom. The van der Waals surface area contributed by atoms with Gasteiger partial charge in [-0.1, -0.05) is 24.3 Å². The summed E-state index contributed by atoms with van der Waals surface area (Å²) < 4.78 is 34.7. The maximum absolute atomic E-state index is 14.1. The van der Waals surface area contributed by atoms with Crippen molar-refractivity contribution < 1.29 is 22.7 Å². The predicted octanol–water partition coefficient (Wildman–Crippen LogP) is 5.64. The maximum Gasteiger partial charge on any atom is 0.264 e. The Labute approximate surface area is 254 Å². The van der Waals surface area contributed by atoms with Crippen molar-refractivity contribution in [1.82, 2.24) is 10.2 Å². The highest BCUT2D eigenvalue weighted by Gasteiger charge is 2.33. The number of sulfonamides is 1. The summed E-state index contributed by atoms with van der Waals surface area (Å²) in [5.74, 6) is -0.247. The summed E-state index contributed by atoms with van der Waals surface area (Å²) in [6.45, 7) is 11.2. The third-order valence-corrected chi connectivity index (χ3v) is 9.16. The molecule has 8 nitrogen and oxygen atoms in total. The monoisotopic (exact) mass is 611 g/mol. The fourth-order valence-electron chi connectivity index (χ4n) is 4.31. The van der Waals surface area contributed by atoms with E-state index in [0.717, 1.165) is 20.3 Å². The number of nitrogens with one attached hydrogen (secondary N) is 1. The van der Waals surface area contributed by atoms with Crippen LogP contribution in [0.2, 0.25) is 0 Å². The largest absolute Gasteiger partial charge is 0.494 e. The van der Waals surface area contributed by atoms with E-state index in [4.69, 9.17) is 4.74 Å². The molecule has 0 heterocycles. The van der Waals surface area contributed by atoms with Gasteiger partial charge in [0, 0.05) is 17.0 Å². The summed E-state index contributed by atoms with van der Waals surface area (Å²) in [6, 6.07) is 19.9. The first-order chi connectivity index (χ1) is 19.8. The van der Waals surface area contributed by atoms with Crippen molar-refractivity contribution in [3.63, 3.8) is 0 Å². The summed E-state index contributed by atoms with van der Waals surface area (Å²) in [5, 5.41) is 2.94. The molecule has 0 aliphatic heterocycles. The molecule has 1 N–H and O–H groups in total. The normalized spacial score (nSPS) is 12.4. The molecule has 2 amide bonds. The summed E-state index contributed by atoms with van der Waals surface area (Å²) in [4.78, 5) is 29.8. The molecular weight excluding hydrogens is 571 g/mol. The standard InChI is InChI=1S/C32H41N3O5S2/c1-8-40-27-15-13-26(14-16-27)35(42(38,39)29-19-17-28(41-7)18-20-29)22-30(36)34(21-25-12-10-9-11-23(25)2)24(3)31(37)33-32(4,5)6/h9-20,24H,8,21-22H2,1-7H3,(H,33,37). The minimum Gasteiger partial charge on any atom is -0.494 e. The molecule has 3 rings (SSSR count). The molecule has 42 heavy (non-hydrogen) atoms. The molecule has 0 spiro atoms. The van der Waals surface area contributed by atoms with E-state index in [1.54, 1.807) is 43.3 Å². The van der Waals surface area contributed by atoms with E-state index in [2.05, 4.69) is 5.32 Å². The van der Waals surface area contributed by atoms with Gasteiger partial charge in [-0.05, 0) is 107 Å². The number of ether oxygens (including phenoxy) is 1. The average Bonchev–Trinajstić information content (AvgIpc) is 2.94. The first-order valence-electron chi connectivity index (χ1n) is 13.8. The molecule has 3 aromatic carbocycles. The molecular formula is C32H41N3O5S2. The van der Waals surface area contributed by atoms with Crippen LogP contribution in [-0.2, 0) is 26.2 Å². The van der Waals surface area contributed by atoms with Crippen LogP contribution in [0.5, 0.6) is 5.75 Å². The van der Waals surface area contributed by atoms with Gasteiger partial charge < -0.3 is 15.0 Å². The van der Waals surface area contributed by atoms with Gasteiger partial charge in [0.25, 0.3) is 10.0 Å². The zero-order valence-electron chi connectivity index (χ0n) is 25.4. The quantitative estimate of drug-likeness (QED) is 0.266. The predicted molar refractivity (Wildman–Crippen MR) is 169 cm³/mol. The van der Waals surface area contributed by atoms with Gasteiger partial charge in [-0.2, -0.15) is 0 Å². The molecule has 226 valence electrons. The van der Waals surface area contributed by atoms with Crippen molar-refractivity contribution in [2.24, 2.45) is 0 Å². The number of aryl methyl sites for hydroxylation is 1. The molecule has 3 aromatic rings. The van der Waals surface area contributed by atoms with E-state index in [-0.39, 0.29) is 17.3 Å². The van der Waals surface area contributed by atoms with Crippen molar-refractivity contribution in [1.29, 1.82) is 0 Å². The second-order valence-electron chi connectivity index (χ2n) is 11.0. The second kappa shape index (κ2) is 14.1. The Bertz CT molecular complexity index is 1470. The van der Waals surface area contributed by atoms with E-state index in [1.165, 1.54) is 28.8 Å². The van der Waals surface area contributed by atoms with Crippen LogP contribution in [0, 0.1) is 6.92 Å². The lowest BCUT2D eigenvalue weighted by Gasteiger charge is -2.33. The van der Waals surface area contributed by atoms with Crippen molar-refractivity contribution in [2.75, 3.05) is 23.7 Å². The Balaban J connectivity index is 2.06. The van der Waals surface area contributed by atoms with E-state index in [9.17, 15) is 18.0 Å². The topological polar surface area (TPSA) is 96.0 Å². The summed E-state index contributed by atoms with van der Waals surface area (Å²) in [7, 11) is -4.15. The highest BCUT2D eigenvalue weighted by molar-refractivity contribution is 7.98. The second-order valence-corrected chi connectivity index (χ2v) is 13.7. The first kappa shape index (κ1) is 33.0. The number of hydrogen-bond acceptors (Lipinski definition) is 6. The molecule has 0 saturated carbocycles. The van der Waals surface area contributed by atoms with Crippen molar-refractivity contribution in [2.45, 2.75) is 69.5 Å². The van der Waals surface area contributed by atoms with Gasteiger partial charge >= 0.3 is 0 Å². The van der Waals surface area contributed by atoms with Gasteiger partial charge in [-0.25, -0.2) is 8.42 Å². The third kappa shape index (κ3) is 8.51. The highest BCUT2D eigenvalue weighted by Crippen LogP contribution is 2.28. The maximum atomic E-state index is 14.1. The number of rotatable bonds is 12. The SMILES string of the molecule is CCOc1ccc(N(CC(=O)N(Cc2ccccc2C)C(C)C(=O)NC(C)(C)C)S(=O)(=O)c2ccc(SC)cc2)cc1. The smallest absolute Gasteiger partial charge is 0.264 e. The Kier molecular flexibility index (Phi) is 11.1. The Morgan fingerprint density at radius 3 is 2.14 bits per heavy atom. The summed E-state index contributed by atoms with van der Waals surface area (Å²) in [5.41, 5.74) is 1.62. The van der Waals surface area contributed by atoms with Crippen LogP contribution in [-0.4, -0.2) is 56.1 Å². The average molecular weight is 612 g/mol. The van der Waals surface area contributed by atoms with Crippen LogP contribution in [0.25, 0.3) is 0 Å². The summed E-state index contributed by atoms with van der Waals surface area (Å²) >= 11 is 1.50. The minimum atomic E-state index is -4.15. The van der Waals surface area contributed by atoms with Gasteiger partial charge in [-0.3, -0.25) is 13.9 Å². The van der Waals surface area contributed by atoms with Gasteiger partial charge in [0.1, 0.15) is 18.3 Å². The van der Waals surface area contributed by atoms with Crippen LogP contribution in [0.3, 0.4) is 0 Å². The van der Waals surface area contributed by atoms with Crippen LogP contribution in [0.15, 0.2) is 82.6 Å². The Morgan fingerprint density at radius 2 is 1.60 bits per heavy atom. The van der Waals surface area contributed by atoms with Gasteiger partial charge in [0.2, 0.25) is 11.8 Å². The van der Waals surface area contributed by atoms with Crippen molar-refractivity contribution in [3.05, 3.63) is 83.9 Å². The molecule has 0 fully saturated rings. The molecule has 10 heteroatoms. The van der Waals surface area contributed by atoms with Crippen LogP contribution in [0.4, 0.5) is 5.69 Å². The number of hydrogen-bond donors (Lipinski definition) is 1. The van der Waals surface area contributed by atoms with Crippen molar-refractivity contribution in [3.8, 4) is 5.75 Å². The first-order valence-corrected chi connectivity index (χ1v) is 16.5. The number of carbonyl (C=O) groups is 2. The van der Waals surface area contributed by atoms with Crippen LogP contribution in [0.1, 0.15) is 45.7 Å². The number of thioether (sulfide) groups is 1. The number of benzene rings is 3. The van der Waals surface area contributed by atoms with E-state index in [1.807, 2.05) is 65.1 Å². The molecule has 0 saturated heterocycles. The van der Waals surface area contributed by atoms with E-state index >= 15 is 0 Å². The molecule has 1 atom stereocenters. The van der Waals surface area contributed by atoms with Crippen LogP contribution >= 0.6 is 11.8 Å². The van der Waals surface area contributed by atoms with Gasteiger partial charge in [0.05, 0.1) is 17.2 Å². The lowest BCUT2D eigenvalue weighted by molar-refractivity contribution is -0.140. The minimum absolute atomic E-state index is 0.0611. The molecule has 0 aliphatic rings. The third-order valence-electron chi connectivity index (χ3n) is 6.63. The zero-order chi connectivity index (χ0) is 31.1. The van der Waals surface area contributed by atoms with Crippen molar-refractivity contribution >= 4 is 39.3 Å². The van der Waals surface area contributed by atoms with Crippen LogP contribution < -0.4 is 14.4 Å². The molecule has 0 bridgehead atoms. The Hall–Kier alpha value is -3.50.